The maximum Gasteiger partial charge on any atom is 0.329 e. The molecule has 0 spiro atoms. The van der Waals surface area contributed by atoms with Crippen LogP contribution in [-0.4, -0.2) is 33.9 Å². The van der Waals surface area contributed by atoms with E-state index in [2.05, 4.69) is 4.98 Å². The first kappa shape index (κ1) is 20.6. The quantitative estimate of drug-likeness (QED) is 0.738. The molecule has 1 fully saturated rings. The molecule has 0 saturated heterocycles. The Morgan fingerprint density at radius 3 is 2.68 bits per heavy atom. The number of fused-ring (bicyclic) bond motifs is 2. The molecule has 2 aromatic heterocycles. The molecule has 31 heavy (non-hydrogen) atoms. The lowest BCUT2D eigenvalue weighted by Crippen LogP contribution is -2.58. The summed E-state index contributed by atoms with van der Waals surface area (Å²) in [5.74, 6) is -4.11. The van der Waals surface area contributed by atoms with Crippen LogP contribution in [0.25, 0.3) is 11.3 Å². The predicted octanol–water partition coefficient (Wildman–Crippen LogP) is 1.61. The van der Waals surface area contributed by atoms with E-state index in [0.29, 0.717) is 9.75 Å². The number of aromatic nitrogens is 2. The number of methoxy groups -OCH3 is 1. The first-order chi connectivity index (χ1) is 14.7. The zero-order valence-electron chi connectivity index (χ0n) is 16.9. The molecule has 2 heterocycles. The molecule has 2 N–H and O–H groups in total. The molecule has 10 heteroatoms. The molecule has 0 aliphatic heterocycles. The summed E-state index contributed by atoms with van der Waals surface area (Å²) in [6, 6.07) is 1.31. The van der Waals surface area contributed by atoms with Gasteiger partial charge in [0.15, 0.2) is 0 Å². The fraction of sp³-hybridized carbons (Fsp3) is 0.524. The summed E-state index contributed by atoms with van der Waals surface area (Å²) in [6.45, 7) is 1.50. The van der Waals surface area contributed by atoms with Gasteiger partial charge in [0.05, 0.1) is 23.6 Å². The number of nitrogens with zero attached hydrogens (tertiary/aromatic N) is 1. The van der Waals surface area contributed by atoms with Gasteiger partial charge in [-0.25, -0.2) is 18.0 Å². The first-order valence-electron chi connectivity index (χ1n) is 10.1. The average molecular weight is 454 g/mol. The van der Waals surface area contributed by atoms with Crippen LogP contribution in [0.4, 0.5) is 13.2 Å². The molecule has 3 unspecified atom stereocenters. The number of ether oxygens (including phenoxy) is 1. The predicted molar refractivity (Wildman–Crippen MR) is 109 cm³/mol. The molecule has 3 aliphatic rings. The van der Waals surface area contributed by atoms with Crippen molar-refractivity contribution in [2.24, 2.45) is 0 Å². The Hall–Kier alpha value is -2.33. The lowest BCUT2D eigenvalue weighted by atomic mass is 9.87. The second-order valence-electron chi connectivity index (χ2n) is 8.41. The van der Waals surface area contributed by atoms with Gasteiger partial charge in [0.1, 0.15) is 18.0 Å². The van der Waals surface area contributed by atoms with Crippen LogP contribution in [0, 0.1) is 0 Å². The number of aliphatic hydroxyl groups excluding tert-OH is 1. The van der Waals surface area contributed by atoms with Crippen molar-refractivity contribution in [2.45, 2.75) is 62.8 Å². The van der Waals surface area contributed by atoms with Crippen LogP contribution in [0.3, 0.4) is 0 Å². The largest absolute Gasteiger partial charge is 0.498 e. The van der Waals surface area contributed by atoms with Gasteiger partial charge in [-0.15, -0.1) is 11.3 Å². The van der Waals surface area contributed by atoms with E-state index in [1.807, 2.05) is 0 Å². The third kappa shape index (κ3) is 2.95. The molecule has 6 nitrogen and oxygen atoms in total. The van der Waals surface area contributed by atoms with E-state index in [1.165, 1.54) is 24.7 Å². The number of thiophene rings is 1. The summed E-state index contributed by atoms with van der Waals surface area (Å²) in [6.07, 6.45) is -2.47. The Morgan fingerprint density at radius 1 is 1.32 bits per heavy atom. The number of aromatic amines is 1. The number of aliphatic hydroxyl groups is 1. The lowest BCUT2D eigenvalue weighted by molar-refractivity contribution is -0.121. The standard InChI is InChI=1S/C21H21F3N2O4S/c1-8-13-16(26(9-3-4-9)20(29)25-19(13)28)17(30-2)14(15(8)22)12-7-10-11(31-12)5-6-21(23,24)18(10)27/h7,9,14-15,18,27H,3-6H2,1-2H3,(H,25,28,29). The van der Waals surface area contributed by atoms with E-state index in [0.717, 1.165) is 24.2 Å². The molecule has 3 atom stereocenters. The molecule has 0 radical (unpaired) electrons. The summed E-state index contributed by atoms with van der Waals surface area (Å²) < 4.78 is 50.8. The van der Waals surface area contributed by atoms with Crippen molar-refractivity contribution >= 4 is 22.7 Å². The van der Waals surface area contributed by atoms with Crippen molar-refractivity contribution in [3.8, 4) is 0 Å². The van der Waals surface area contributed by atoms with E-state index in [9.17, 15) is 23.5 Å². The monoisotopic (exact) mass is 454 g/mol. The number of hydrogen-bond donors (Lipinski definition) is 2. The number of halogens is 3. The van der Waals surface area contributed by atoms with Crippen molar-refractivity contribution in [2.75, 3.05) is 7.11 Å². The molecule has 0 aromatic carbocycles. The van der Waals surface area contributed by atoms with Crippen molar-refractivity contribution in [1.29, 1.82) is 0 Å². The van der Waals surface area contributed by atoms with E-state index >= 15 is 4.39 Å². The maximum atomic E-state index is 15.7. The zero-order valence-corrected chi connectivity index (χ0v) is 17.7. The second-order valence-corrected chi connectivity index (χ2v) is 9.57. The summed E-state index contributed by atoms with van der Waals surface area (Å²) in [5, 5.41) is 10.5. The summed E-state index contributed by atoms with van der Waals surface area (Å²) in [5.41, 5.74) is -0.989. The van der Waals surface area contributed by atoms with Crippen LogP contribution in [0.15, 0.2) is 15.7 Å². The zero-order chi connectivity index (χ0) is 22.2. The number of rotatable bonds is 3. The Bertz CT molecular complexity index is 1320. The van der Waals surface area contributed by atoms with Gasteiger partial charge in [-0.2, -0.15) is 0 Å². The SMILES string of the molecule is COC1=c2c(c(=O)[nH]c(=O)n2C2CC2)=C(C)C(F)C1c1cc2c(s1)CCC(F)(F)C2O. The average Bonchev–Trinajstić information content (AvgIpc) is 3.45. The van der Waals surface area contributed by atoms with Gasteiger partial charge in [-0.1, -0.05) is 0 Å². The molecule has 2 aromatic rings. The van der Waals surface area contributed by atoms with Crippen molar-refractivity contribution in [3.63, 3.8) is 0 Å². The second kappa shape index (κ2) is 6.83. The molecular weight excluding hydrogens is 433 g/mol. The molecule has 0 amide bonds. The number of alkyl halides is 3. The van der Waals surface area contributed by atoms with Gasteiger partial charge < -0.3 is 9.84 Å². The minimum absolute atomic E-state index is 0.0833. The molecule has 166 valence electrons. The minimum atomic E-state index is -3.24. The number of H-pyrrole nitrogens is 1. The summed E-state index contributed by atoms with van der Waals surface area (Å²) >= 11 is 1.16. The van der Waals surface area contributed by atoms with Gasteiger partial charge in [0.2, 0.25) is 0 Å². The Balaban J connectivity index is 1.79. The topological polar surface area (TPSA) is 84.3 Å². The van der Waals surface area contributed by atoms with Gasteiger partial charge in [-0.3, -0.25) is 14.3 Å². The molecule has 1 saturated carbocycles. The molecular formula is C21H21F3N2O4S. The van der Waals surface area contributed by atoms with Crippen LogP contribution in [0.1, 0.15) is 59.6 Å². The maximum absolute atomic E-state index is 15.7. The number of nitrogens with one attached hydrogen (secondary N) is 1. The van der Waals surface area contributed by atoms with E-state index in [-0.39, 0.29) is 39.9 Å². The highest BCUT2D eigenvalue weighted by molar-refractivity contribution is 7.12. The van der Waals surface area contributed by atoms with Gasteiger partial charge >= 0.3 is 5.69 Å². The van der Waals surface area contributed by atoms with Crippen LogP contribution >= 0.6 is 11.3 Å². The van der Waals surface area contributed by atoms with Crippen molar-refractivity contribution in [1.82, 2.24) is 9.55 Å². The number of hydrogen-bond acceptors (Lipinski definition) is 5. The third-order valence-electron chi connectivity index (χ3n) is 6.44. The molecule has 3 aliphatic carbocycles. The Morgan fingerprint density at radius 2 is 2.03 bits per heavy atom. The fourth-order valence-corrected chi connectivity index (χ4v) is 6.01. The molecule has 0 bridgehead atoms. The third-order valence-corrected chi connectivity index (χ3v) is 7.73. The van der Waals surface area contributed by atoms with E-state index in [4.69, 9.17) is 4.74 Å². The van der Waals surface area contributed by atoms with Gasteiger partial charge in [0.25, 0.3) is 11.5 Å². The molecule has 5 rings (SSSR count). The summed E-state index contributed by atoms with van der Waals surface area (Å²) in [4.78, 5) is 28.4. The Labute approximate surface area is 178 Å². The van der Waals surface area contributed by atoms with Crippen molar-refractivity contribution in [3.05, 3.63) is 52.8 Å². The highest BCUT2D eigenvalue weighted by atomic mass is 32.1. The van der Waals surface area contributed by atoms with Crippen LogP contribution in [-0.2, 0) is 11.2 Å². The van der Waals surface area contributed by atoms with E-state index in [1.54, 1.807) is 0 Å². The highest BCUT2D eigenvalue weighted by Crippen LogP contribution is 2.48. The van der Waals surface area contributed by atoms with Gasteiger partial charge in [-0.05, 0) is 37.8 Å². The highest BCUT2D eigenvalue weighted by Gasteiger charge is 2.46. The minimum Gasteiger partial charge on any atom is -0.498 e. The lowest BCUT2D eigenvalue weighted by Gasteiger charge is -2.27. The first-order valence-corrected chi connectivity index (χ1v) is 10.9. The number of aryl methyl sites for hydroxylation is 1. The van der Waals surface area contributed by atoms with Crippen molar-refractivity contribution < 1.29 is 23.0 Å². The van der Waals surface area contributed by atoms with E-state index < -0.39 is 41.8 Å². The smallest absolute Gasteiger partial charge is 0.329 e. The fourth-order valence-electron chi connectivity index (χ4n) is 4.69. The Kier molecular flexibility index (Phi) is 4.53. The van der Waals surface area contributed by atoms with Gasteiger partial charge in [0, 0.05) is 27.8 Å². The summed E-state index contributed by atoms with van der Waals surface area (Å²) in [7, 11) is 1.35. The van der Waals surface area contributed by atoms with Crippen LogP contribution in [0.5, 0.6) is 0 Å². The van der Waals surface area contributed by atoms with Crippen LogP contribution in [0.2, 0.25) is 0 Å². The van der Waals surface area contributed by atoms with Crippen LogP contribution < -0.4 is 21.8 Å². The normalized spacial score (nSPS) is 27.1.